The van der Waals surface area contributed by atoms with E-state index < -0.39 is 0 Å². The van der Waals surface area contributed by atoms with E-state index in [2.05, 4.69) is 20.1 Å². The number of carbonyl (C=O) groups is 1. The first-order valence-corrected chi connectivity index (χ1v) is 9.18. The van der Waals surface area contributed by atoms with Gasteiger partial charge in [-0.25, -0.2) is 0 Å². The van der Waals surface area contributed by atoms with Crippen molar-refractivity contribution >= 4 is 23.2 Å². The second kappa shape index (κ2) is 7.30. The molecule has 0 saturated carbocycles. The fourth-order valence-corrected chi connectivity index (χ4v) is 3.37. The molecule has 3 aromatic rings. The molecule has 132 valence electrons. The highest BCUT2D eigenvalue weighted by Crippen LogP contribution is 2.25. The Kier molecular flexibility index (Phi) is 4.71. The van der Waals surface area contributed by atoms with Crippen LogP contribution in [0, 0.1) is 0 Å². The molecule has 4 rings (SSSR count). The fraction of sp³-hybridized carbons (Fsp3) is 0.250. The molecular weight excluding hydrogens is 348 g/mol. The summed E-state index contributed by atoms with van der Waals surface area (Å²) in [7, 11) is 0. The Labute approximate surface area is 157 Å². The van der Waals surface area contributed by atoms with Crippen LogP contribution in [0.4, 0.5) is 5.69 Å². The molecule has 6 heteroatoms. The minimum Gasteiger partial charge on any atom is -0.322 e. The van der Waals surface area contributed by atoms with Gasteiger partial charge in [0.15, 0.2) is 5.82 Å². The maximum atomic E-state index is 12.4. The summed E-state index contributed by atoms with van der Waals surface area (Å²) in [6.45, 7) is 0.943. The number of halogens is 1. The molecule has 0 saturated heterocycles. The third-order valence-electron chi connectivity index (χ3n) is 4.59. The first-order chi connectivity index (χ1) is 12.7. The molecule has 5 nitrogen and oxygen atoms in total. The molecule has 1 amide bonds. The van der Waals surface area contributed by atoms with E-state index in [-0.39, 0.29) is 5.91 Å². The minimum absolute atomic E-state index is 0.168. The van der Waals surface area contributed by atoms with Gasteiger partial charge < -0.3 is 9.88 Å². The number of amides is 1. The molecule has 2 heterocycles. The number of aromatic nitrogens is 3. The Morgan fingerprint density at radius 3 is 2.73 bits per heavy atom. The van der Waals surface area contributed by atoms with E-state index in [1.54, 1.807) is 24.3 Å². The van der Waals surface area contributed by atoms with E-state index in [1.807, 2.05) is 24.3 Å². The van der Waals surface area contributed by atoms with Gasteiger partial charge in [0, 0.05) is 34.8 Å². The average Bonchev–Trinajstić information content (AvgIpc) is 2.91. The molecule has 1 aliphatic rings. The predicted octanol–water partition coefficient (Wildman–Crippen LogP) is 4.58. The van der Waals surface area contributed by atoms with E-state index >= 15 is 0 Å². The van der Waals surface area contributed by atoms with Gasteiger partial charge in [-0.1, -0.05) is 30.2 Å². The number of nitrogens with zero attached hydrogens (tertiary/aromatic N) is 3. The topological polar surface area (TPSA) is 59.8 Å². The molecule has 0 spiro atoms. The summed E-state index contributed by atoms with van der Waals surface area (Å²) in [5.74, 6) is 1.75. The number of fused-ring (bicyclic) bond motifs is 1. The maximum absolute atomic E-state index is 12.4. The van der Waals surface area contributed by atoms with Crippen LogP contribution < -0.4 is 5.32 Å². The highest BCUT2D eigenvalue weighted by atomic mass is 35.5. The number of rotatable bonds is 3. The number of benzene rings is 2. The number of hydrogen-bond acceptors (Lipinski definition) is 3. The van der Waals surface area contributed by atoms with Crippen LogP contribution in [-0.4, -0.2) is 20.7 Å². The van der Waals surface area contributed by atoms with E-state index in [0.29, 0.717) is 10.6 Å². The van der Waals surface area contributed by atoms with Crippen molar-refractivity contribution < 1.29 is 4.79 Å². The van der Waals surface area contributed by atoms with Crippen LogP contribution in [0.15, 0.2) is 48.5 Å². The molecule has 26 heavy (non-hydrogen) atoms. The largest absolute Gasteiger partial charge is 0.322 e. The lowest BCUT2D eigenvalue weighted by molar-refractivity contribution is 0.102. The Balaban J connectivity index is 1.58. The van der Waals surface area contributed by atoms with Gasteiger partial charge in [-0.2, -0.15) is 0 Å². The van der Waals surface area contributed by atoms with E-state index in [9.17, 15) is 4.79 Å². The SMILES string of the molecule is O=C(Nc1cccc(-c2nnc3n2CCCCC3)c1)c1ccc(Cl)cc1. The smallest absolute Gasteiger partial charge is 0.255 e. The van der Waals surface area contributed by atoms with Gasteiger partial charge in [0.2, 0.25) is 0 Å². The normalized spacial score (nSPS) is 13.7. The van der Waals surface area contributed by atoms with Crippen LogP contribution in [-0.2, 0) is 13.0 Å². The lowest BCUT2D eigenvalue weighted by Gasteiger charge is -2.09. The average molecular weight is 367 g/mol. The highest BCUT2D eigenvalue weighted by Gasteiger charge is 2.16. The van der Waals surface area contributed by atoms with Crippen LogP contribution in [0.25, 0.3) is 11.4 Å². The Bertz CT molecular complexity index is 933. The number of anilines is 1. The summed E-state index contributed by atoms with van der Waals surface area (Å²) in [6, 6.07) is 14.6. The van der Waals surface area contributed by atoms with Crippen LogP contribution in [0.2, 0.25) is 5.02 Å². The summed E-state index contributed by atoms with van der Waals surface area (Å²) in [4.78, 5) is 12.4. The molecule has 0 bridgehead atoms. The first kappa shape index (κ1) is 16.8. The van der Waals surface area contributed by atoms with Gasteiger partial charge in [0.25, 0.3) is 5.91 Å². The minimum atomic E-state index is -0.168. The zero-order valence-electron chi connectivity index (χ0n) is 14.3. The molecule has 0 unspecified atom stereocenters. The molecule has 1 aromatic heterocycles. The second-order valence-electron chi connectivity index (χ2n) is 6.44. The highest BCUT2D eigenvalue weighted by molar-refractivity contribution is 6.30. The van der Waals surface area contributed by atoms with Crippen LogP contribution >= 0.6 is 11.6 Å². The van der Waals surface area contributed by atoms with Gasteiger partial charge in [-0.15, -0.1) is 10.2 Å². The van der Waals surface area contributed by atoms with E-state index in [0.717, 1.165) is 48.7 Å². The monoisotopic (exact) mass is 366 g/mol. The van der Waals surface area contributed by atoms with Crippen LogP contribution in [0.5, 0.6) is 0 Å². The number of carbonyl (C=O) groups excluding carboxylic acids is 1. The molecule has 0 aliphatic carbocycles. The summed E-state index contributed by atoms with van der Waals surface area (Å²) in [5.41, 5.74) is 2.25. The lowest BCUT2D eigenvalue weighted by atomic mass is 10.1. The molecule has 1 N–H and O–H groups in total. The third-order valence-corrected chi connectivity index (χ3v) is 4.85. The van der Waals surface area contributed by atoms with Crippen molar-refractivity contribution in [2.45, 2.75) is 32.2 Å². The van der Waals surface area contributed by atoms with Crippen LogP contribution in [0.1, 0.15) is 35.4 Å². The number of hydrogen-bond donors (Lipinski definition) is 1. The van der Waals surface area contributed by atoms with Crippen LogP contribution in [0.3, 0.4) is 0 Å². The lowest BCUT2D eigenvalue weighted by Crippen LogP contribution is -2.11. The number of aryl methyl sites for hydroxylation is 1. The van der Waals surface area contributed by atoms with Crippen molar-refractivity contribution in [1.29, 1.82) is 0 Å². The summed E-state index contributed by atoms with van der Waals surface area (Å²) in [6.07, 6.45) is 4.50. The zero-order chi connectivity index (χ0) is 17.9. The Morgan fingerprint density at radius 2 is 1.88 bits per heavy atom. The number of nitrogens with one attached hydrogen (secondary N) is 1. The fourth-order valence-electron chi connectivity index (χ4n) is 3.24. The van der Waals surface area contributed by atoms with Crippen molar-refractivity contribution in [3.63, 3.8) is 0 Å². The van der Waals surface area contributed by atoms with Gasteiger partial charge in [0.05, 0.1) is 0 Å². The van der Waals surface area contributed by atoms with Gasteiger partial charge >= 0.3 is 0 Å². The molecule has 0 atom stereocenters. The van der Waals surface area contributed by atoms with Crippen molar-refractivity contribution in [3.05, 3.63) is 64.9 Å². The molecule has 1 aliphatic heterocycles. The molecule has 0 fully saturated rings. The van der Waals surface area contributed by atoms with Gasteiger partial charge in [-0.05, 0) is 49.2 Å². The van der Waals surface area contributed by atoms with Gasteiger partial charge in [-0.3, -0.25) is 4.79 Å². The van der Waals surface area contributed by atoms with Crippen molar-refractivity contribution in [2.24, 2.45) is 0 Å². The maximum Gasteiger partial charge on any atom is 0.255 e. The Morgan fingerprint density at radius 1 is 1.04 bits per heavy atom. The Hall–Kier alpha value is -2.66. The summed E-state index contributed by atoms with van der Waals surface area (Å²) < 4.78 is 2.20. The van der Waals surface area contributed by atoms with E-state index in [4.69, 9.17) is 11.6 Å². The van der Waals surface area contributed by atoms with Crippen molar-refractivity contribution in [1.82, 2.24) is 14.8 Å². The molecule has 0 radical (unpaired) electrons. The zero-order valence-corrected chi connectivity index (χ0v) is 15.0. The third kappa shape index (κ3) is 3.48. The van der Waals surface area contributed by atoms with Crippen molar-refractivity contribution in [3.8, 4) is 11.4 Å². The predicted molar refractivity (Wildman–Crippen MR) is 102 cm³/mol. The van der Waals surface area contributed by atoms with Crippen molar-refractivity contribution in [2.75, 3.05) is 5.32 Å². The first-order valence-electron chi connectivity index (χ1n) is 8.80. The quantitative estimate of drug-likeness (QED) is 0.738. The second-order valence-corrected chi connectivity index (χ2v) is 6.88. The summed E-state index contributed by atoms with van der Waals surface area (Å²) >= 11 is 5.88. The molecule has 2 aromatic carbocycles. The van der Waals surface area contributed by atoms with Gasteiger partial charge in [0.1, 0.15) is 5.82 Å². The summed E-state index contributed by atoms with van der Waals surface area (Å²) in [5, 5.41) is 12.3. The molecular formula is C20H19ClN4O. The standard InChI is InChI=1S/C20H19ClN4O/c21-16-10-8-14(9-11-16)20(26)22-17-6-4-5-15(13-17)19-24-23-18-7-2-1-3-12-25(18)19/h4-6,8-11,13H,1-3,7,12H2,(H,22,26). The van der Waals surface area contributed by atoms with E-state index in [1.165, 1.54) is 6.42 Å².